The van der Waals surface area contributed by atoms with Gasteiger partial charge in [0.15, 0.2) is 0 Å². The minimum absolute atomic E-state index is 0.0569. The fourth-order valence-electron chi connectivity index (χ4n) is 2.71. The maximum atomic E-state index is 15.0. The van der Waals surface area contributed by atoms with Gasteiger partial charge in [0.05, 0.1) is 30.8 Å². The largest absolute Gasteiger partial charge is 0.465 e. The number of esters is 2. The molecule has 8 heteroatoms. The number of allylic oxidation sites excluding steroid dienone is 2. The Morgan fingerprint density at radius 2 is 2.08 bits per heavy atom. The van der Waals surface area contributed by atoms with E-state index in [0.717, 1.165) is 7.11 Å². The number of hydrogen-bond donors (Lipinski definition) is 1. The van der Waals surface area contributed by atoms with Gasteiger partial charge in [-0.2, -0.15) is 5.26 Å². The Balaban J connectivity index is 2.72. The van der Waals surface area contributed by atoms with E-state index < -0.39 is 23.7 Å². The Hall–Kier alpha value is -3.34. The van der Waals surface area contributed by atoms with E-state index in [1.807, 2.05) is 6.07 Å². The van der Waals surface area contributed by atoms with Crippen molar-refractivity contribution >= 4 is 11.9 Å². The molecule has 7 nitrogen and oxygen atoms in total. The summed E-state index contributed by atoms with van der Waals surface area (Å²) in [5, 5.41) is 9.47. The molecule has 0 fully saturated rings. The zero-order valence-electron chi connectivity index (χ0n) is 14.5. The van der Waals surface area contributed by atoms with E-state index >= 15 is 0 Å². The second kappa shape index (κ2) is 7.70. The molecule has 0 saturated heterocycles. The van der Waals surface area contributed by atoms with Crippen molar-refractivity contribution in [3.05, 3.63) is 57.9 Å². The van der Waals surface area contributed by atoms with Crippen LogP contribution in [0.25, 0.3) is 0 Å². The lowest BCUT2D eigenvalue weighted by Gasteiger charge is -2.27. The van der Waals surface area contributed by atoms with Crippen molar-refractivity contribution < 1.29 is 28.2 Å². The molecule has 136 valence electrons. The van der Waals surface area contributed by atoms with Crippen molar-refractivity contribution in [2.24, 2.45) is 5.73 Å². The maximum Gasteiger partial charge on any atom is 0.340 e. The molecule has 0 amide bonds. The van der Waals surface area contributed by atoms with Crippen LogP contribution in [0.2, 0.25) is 0 Å². The Labute approximate surface area is 149 Å². The van der Waals surface area contributed by atoms with Crippen LogP contribution >= 0.6 is 0 Å². The molecule has 1 aromatic rings. The van der Waals surface area contributed by atoms with E-state index in [0.29, 0.717) is 0 Å². The van der Waals surface area contributed by atoms with Gasteiger partial charge >= 0.3 is 11.9 Å². The van der Waals surface area contributed by atoms with Gasteiger partial charge in [-0.3, -0.25) is 0 Å². The van der Waals surface area contributed by atoms with Gasteiger partial charge in [0, 0.05) is 5.56 Å². The monoisotopic (exact) mass is 360 g/mol. The Bertz CT molecular complexity index is 867. The van der Waals surface area contributed by atoms with Crippen LogP contribution in [0.15, 0.2) is 41.0 Å². The summed E-state index contributed by atoms with van der Waals surface area (Å²) in [6.07, 6.45) is 0. The first kappa shape index (κ1) is 19.0. The number of carbonyl (C=O) groups excluding carboxylic acids is 2. The number of methoxy groups -OCH3 is 1. The summed E-state index contributed by atoms with van der Waals surface area (Å²) in [7, 11) is 1.12. The summed E-state index contributed by atoms with van der Waals surface area (Å²) in [4.78, 5) is 24.2. The molecule has 2 rings (SSSR count). The van der Waals surface area contributed by atoms with E-state index in [2.05, 4.69) is 4.74 Å². The van der Waals surface area contributed by atoms with Crippen LogP contribution in [0, 0.1) is 17.1 Å². The number of benzene rings is 1. The normalized spacial score (nSPS) is 16.7. The molecule has 0 bridgehead atoms. The van der Waals surface area contributed by atoms with Gasteiger partial charge < -0.3 is 19.9 Å². The van der Waals surface area contributed by atoms with E-state index in [1.165, 1.54) is 25.1 Å². The van der Waals surface area contributed by atoms with E-state index in [4.69, 9.17) is 15.2 Å². The van der Waals surface area contributed by atoms with Gasteiger partial charge in [0.1, 0.15) is 23.2 Å². The summed E-state index contributed by atoms with van der Waals surface area (Å²) in [6, 6.07) is 5.86. The van der Waals surface area contributed by atoms with Gasteiger partial charge in [0.25, 0.3) is 0 Å². The van der Waals surface area contributed by atoms with E-state index in [9.17, 15) is 19.2 Å². The number of nitrogens with zero attached hydrogens (tertiary/aromatic N) is 1. The summed E-state index contributed by atoms with van der Waals surface area (Å²) in [5.74, 6) is -3.89. The van der Waals surface area contributed by atoms with Crippen LogP contribution in [0.1, 0.15) is 35.7 Å². The second-order valence-corrected chi connectivity index (χ2v) is 5.32. The highest BCUT2D eigenvalue weighted by Gasteiger charge is 2.38. The first-order chi connectivity index (χ1) is 12.4. The number of ether oxygens (including phenoxy) is 3. The maximum absolute atomic E-state index is 15.0. The molecule has 1 heterocycles. The highest BCUT2D eigenvalue weighted by atomic mass is 19.1. The van der Waals surface area contributed by atoms with Crippen molar-refractivity contribution in [2.45, 2.75) is 19.8 Å². The minimum atomic E-state index is -1.17. The third-order valence-electron chi connectivity index (χ3n) is 3.85. The molecule has 26 heavy (non-hydrogen) atoms. The third kappa shape index (κ3) is 3.24. The SMILES string of the molecule is CCOC(=O)C1=C(C)OC(N)=C(C#N)C1c1cccc(C(=O)OC)c1F. The molecular weight excluding hydrogens is 343 g/mol. The zero-order valence-corrected chi connectivity index (χ0v) is 14.5. The van der Waals surface area contributed by atoms with Crippen LogP contribution in [0.4, 0.5) is 4.39 Å². The average Bonchev–Trinajstić information content (AvgIpc) is 2.61. The molecule has 1 aliphatic rings. The molecular formula is C18H17FN2O5. The van der Waals surface area contributed by atoms with Gasteiger partial charge in [-0.15, -0.1) is 0 Å². The molecule has 2 N–H and O–H groups in total. The molecule has 0 spiro atoms. The molecule has 1 aromatic carbocycles. The number of hydrogen-bond acceptors (Lipinski definition) is 7. The standard InChI is InChI=1S/C18H17FN2O5/c1-4-25-18(23)13-9(2)26-16(21)12(8-20)14(13)10-6-5-7-11(15(10)19)17(22)24-3/h5-7,14H,4,21H2,1-3H3. The van der Waals surface area contributed by atoms with Crippen LogP contribution < -0.4 is 5.73 Å². The van der Waals surface area contributed by atoms with Crippen molar-refractivity contribution in [1.82, 2.24) is 0 Å². The second-order valence-electron chi connectivity index (χ2n) is 5.32. The molecule has 1 atom stereocenters. The first-order valence-corrected chi connectivity index (χ1v) is 7.69. The Kier molecular flexibility index (Phi) is 5.62. The van der Waals surface area contributed by atoms with Gasteiger partial charge in [-0.05, 0) is 19.9 Å². The first-order valence-electron chi connectivity index (χ1n) is 7.69. The molecule has 0 radical (unpaired) electrons. The Morgan fingerprint density at radius 1 is 1.38 bits per heavy atom. The van der Waals surface area contributed by atoms with Crippen molar-refractivity contribution in [1.29, 1.82) is 5.26 Å². The number of carbonyl (C=O) groups is 2. The van der Waals surface area contributed by atoms with E-state index in [-0.39, 0.29) is 40.5 Å². The van der Waals surface area contributed by atoms with E-state index in [1.54, 1.807) is 6.92 Å². The third-order valence-corrected chi connectivity index (χ3v) is 3.85. The number of nitriles is 1. The smallest absolute Gasteiger partial charge is 0.340 e. The van der Waals surface area contributed by atoms with Crippen LogP contribution in [0.3, 0.4) is 0 Å². The highest BCUT2D eigenvalue weighted by molar-refractivity contribution is 5.93. The summed E-state index contributed by atoms with van der Waals surface area (Å²) < 4.78 is 29.8. The van der Waals surface area contributed by atoms with Crippen LogP contribution in [0.5, 0.6) is 0 Å². The fraction of sp³-hybridized carbons (Fsp3) is 0.278. The van der Waals surface area contributed by atoms with Crippen LogP contribution in [-0.4, -0.2) is 25.7 Å². The number of halogens is 1. The highest BCUT2D eigenvalue weighted by Crippen LogP contribution is 2.41. The topological polar surface area (TPSA) is 112 Å². The van der Waals surface area contributed by atoms with Gasteiger partial charge in [-0.1, -0.05) is 12.1 Å². The van der Waals surface area contributed by atoms with Gasteiger partial charge in [-0.25, -0.2) is 14.0 Å². The lowest BCUT2D eigenvalue weighted by atomic mass is 9.82. The predicted molar refractivity (Wildman–Crippen MR) is 87.7 cm³/mol. The summed E-state index contributed by atoms with van der Waals surface area (Å²) >= 11 is 0. The number of nitrogens with two attached hydrogens (primary N) is 1. The average molecular weight is 360 g/mol. The molecule has 1 aliphatic heterocycles. The molecule has 0 saturated carbocycles. The number of rotatable bonds is 4. The lowest BCUT2D eigenvalue weighted by Crippen LogP contribution is -2.26. The molecule has 0 aromatic heterocycles. The van der Waals surface area contributed by atoms with Crippen molar-refractivity contribution in [3.63, 3.8) is 0 Å². The van der Waals surface area contributed by atoms with Crippen LogP contribution in [-0.2, 0) is 19.0 Å². The summed E-state index contributed by atoms with van der Waals surface area (Å²) in [5.41, 5.74) is 5.13. The molecule has 1 unspecified atom stereocenters. The van der Waals surface area contributed by atoms with Crippen molar-refractivity contribution in [2.75, 3.05) is 13.7 Å². The summed E-state index contributed by atoms with van der Waals surface area (Å²) in [6.45, 7) is 3.15. The quantitative estimate of drug-likeness (QED) is 0.820. The Morgan fingerprint density at radius 3 is 2.65 bits per heavy atom. The zero-order chi connectivity index (χ0) is 19.4. The lowest BCUT2D eigenvalue weighted by molar-refractivity contribution is -0.139. The molecule has 0 aliphatic carbocycles. The fourth-order valence-corrected chi connectivity index (χ4v) is 2.71. The van der Waals surface area contributed by atoms with Gasteiger partial charge in [0.2, 0.25) is 5.88 Å². The van der Waals surface area contributed by atoms with Crippen molar-refractivity contribution in [3.8, 4) is 6.07 Å². The minimum Gasteiger partial charge on any atom is -0.465 e. The predicted octanol–water partition coefficient (Wildman–Crippen LogP) is 2.26.